The molecule has 0 unspecified atom stereocenters. The summed E-state index contributed by atoms with van der Waals surface area (Å²) in [5.41, 5.74) is 3.87. The van der Waals surface area contributed by atoms with Crippen LogP contribution in [0.15, 0.2) is 103 Å². The molecule has 0 radical (unpaired) electrons. The van der Waals surface area contributed by atoms with E-state index in [0.717, 1.165) is 35.5 Å². The van der Waals surface area contributed by atoms with Crippen LogP contribution >= 0.6 is 0 Å². The van der Waals surface area contributed by atoms with Crippen molar-refractivity contribution in [1.82, 2.24) is 0 Å². The van der Waals surface area contributed by atoms with E-state index in [4.69, 9.17) is 18.9 Å². The van der Waals surface area contributed by atoms with Crippen molar-refractivity contribution < 1.29 is 28.5 Å². The van der Waals surface area contributed by atoms with Crippen LogP contribution in [0.3, 0.4) is 0 Å². The summed E-state index contributed by atoms with van der Waals surface area (Å²) in [5.74, 6) is 0.251. The summed E-state index contributed by atoms with van der Waals surface area (Å²) in [6, 6.07) is 31.3. The minimum Gasteiger partial charge on any atom is -0.494 e. The van der Waals surface area contributed by atoms with Crippen molar-refractivity contribution in [2.75, 3.05) is 13.2 Å². The van der Waals surface area contributed by atoms with Gasteiger partial charge in [-0.15, -0.1) is 0 Å². The van der Waals surface area contributed by atoms with E-state index in [-0.39, 0.29) is 12.7 Å². The van der Waals surface area contributed by atoms with Crippen LogP contribution in [0.2, 0.25) is 0 Å². The van der Waals surface area contributed by atoms with Gasteiger partial charge in [-0.3, -0.25) is 0 Å². The van der Waals surface area contributed by atoms with Crippen LogP contribution in [0.5, 0.6) is 11.5 Å². The van der Waals surface area contributed by atoms with E-state index in [1.807, 2.05) is 73.7 Å². The Hall–Kier alpha value is -4.42. The Balaban J connectivity index is 1.22. The molecule has 0 fully saturated rings. The van der Waals surface area contributed by atoms with E-state index in [0.29, 0.717) is 23.5 Å². The van der Waals surface area contributed by atoms with E-state index < -0.39 is 11.9 Å². The van der Waals surface area contributed by atoms with Crippen molar-refractivity contribution in [1.29, 1.82) is 0 Å². The molecular weight excluding hydrogens is 528 g/mol. The van der Waals surface area contributed by atoms with Gasteiger partial charge in [0.25, 0.3) is 0 Å². The normalized spacial score (nSPS) is 11.5. The largest absolute Gasteiger partial charge is 0.494 e. The lowest BCUT2D eigenvalue weighted by molar-refractivity contribution is -0.00690. The fourth-order valence-electron chi connectivity index (χ4n) is 4.22. The Kier molecular flexibility index (Phi) is 11.7. The third-order valence-corrected chi connectivity index (χ3v) is 6.70. The zero-order chi connectivity index (χ0) is 29.6. The van der Waals surface area contributed by atoms with Crippen molar-refractivity contribution in [3.05, 3.63) is 120 Å². The Morgan fingerprint density at radius 2 is 1.26 bits per heavy atom. The van der Waals surface area contributed by atoms with Gasteiger partial charge in [-0.2, -0.15) is 0 Å². The predicted octanol–water partition coefficient (Wildman–Crippen LogP) is 8.29. The van der Waals surface area contributed by atoms with Gasteiger partial charge in [0.05, 0.1) is 30.4 Å². The number of rotatable bonds is 15. The molecule has 0 aliphatic rings. The first kappa shape index (κ1) is 30.5. The van der Waals surface area contributed by atoms with E-state index in [9.17, 15) is 9.59 Å². The highest BCUT2D eigenvalue weighted by Crippen LogP contribution is 2.24. The van der Waals surface area contributed by atoms with Crippen molar-refractivity contribution in [2.24, 2.45) is 0 Å². The molecule has 0 aromatic heterocycles. The van der Waals surface area contributed by atoms with Crippen LogP contribution in [-0.2, 0) is 16.1 Å². The van der Waals surface area contributed by atoms with E-state index >= 15 is 0 Å². The molecule has 4 rings (SSSR count). The number of carbonyl (C=O) groups is 2. The number of benzene rings is 4. The summed E-state index contributed by atoms with van der Waals surface area (Å²) in [4.78, 5) is 25.1. The van der Waals surface area contributed by atoms with Gasteiger partial charge in [-0.1, -0.05) is 80.8 Å². The lowest BCUT2D eigenvalue weighted by atomic mass is 10.0. The molecule has 6 heteroatoms. The number of ether oxygens (including phenoxy) is 4. The third kappa shape index (κ3) is 9.60. The summed E-state index contributed by atoms with van der Waals surface area (Å²) in [6.45, 7) is 5.36. The standard InChI is InChI=1S/C36H38O6/c1-3-4-5-9-24-39-33-20-16-30(17-21-33)29-12-14-32(15-13-29)36(38)42-34-22-18-31(19-23-34)35(37)41-25-27(2)40-26-28-10-7-6-8-11-28/h6-8,10-23,27H,3-5,9,24-26H2,1-2H3/t27-/m0/s1. The summed E-state index contributed by atoms with van der Waals surface area (Å²) in [5, 5.41) is 0. The van der Waals surface area contributed by atoms with Gasteiger partial charge in [0.15, 0.2) is 0 Å². The molecule has 6 nitrogen and oxygen atoms in total. The van der Waals surface area contributed by atoms with E-state index in [1.54, 1.807) is 36.4 Å². The van der Waals surface area contributed by atoms with Crippen molar-refractivity contribution in [2.45, 2.75) is 52.2 Å². The topological polar surface area (TPSA) is 71.1 Å². The second kappa shape index (κ2) is 16.1. The summed E-state index contributed by atoms with van der Waals surface area (Å²) < 4.78 is 22.4. The summed E-state index contributed by atoms with van der Waals surface area (Å²) in [7, 11) is 0. The van der Waals surface area contributed by atoms with Crippen LogP contribution in [0, 0.1) is 0 Å². The van der Waals surface area contributed by atoms with E-state index in [1.165, 1.54) is 19.3 Å². The molecule has 4 aromatic rings. The Labute approximate surface area is 248 Å². The minimum absolute atomic E-state index is 0.134. The van der Waals surface area contributed by atoms with Gasteiger partial charge in [-0.05, 0) is 78.6 Å². The zero-order valence-electron chi connectivity index (χ0n) is 24.3. The molecule has 0 saturated carbocycles. The Morgan fingerprint density at radius 1 is 0.667 bits per heavy atom. The Morgan fingerprint density at radius 3 is 1.93 bits per heavy atom. The highest BCUT2D eigenvalue weighted by molar-refractivity contribution is 5.92. The molecular formula is C36H38O6. The van der Waals surface area contributed by atoms with Gasteiger partial charge < -0.3 is 18.9 Å². The van der Waals surface area contributed by atoms with Crippen LogP contribution in [0.1, 0.15) is 65.8 Å². The molecule has 0 bridgehead atoms. The van der Waals surface area contributed by atoms with Gasteiger partial charge in [0, 0.05) is 0 Å². The third-order valence-electron chi connectivity index (χ3n) is 6.70. The smallest absolute Gasteiger partial charge is 0.343 e. The van der Waals surface area contributed by atoms with Crippen LogP contribution in [0.4, 0.5) is 0 Å². The highest BCUT2D eigenvalue weighted by Gasteiger charge is 2.13. The summed E-state index contributed by atoms with van der Waals surface area (Å²) in [6.07, 6.45) is 4.45. The second-order valence-corrected chi connectivity index (χ2v) is 10.1. The van der Waals surface area contributed by atoms with Crippen molar-refractivity contribution in [3.8, 4) is 22.6 Å². The number of esters is 2. The molecule has 218 valence electrons. The minimum atomic E-state index is -0.479. The van der Waals surface area contributed by atoms with Gasteiger partial charge in [0.2, 0.25) is 0 Å². The second-order valence-electron chi connectivity index (χ2n) is 10.1. The van der Waals surface area contributed by atoms with Crippen LogP contribution in [0.25, 0.3) is 11.1 Å². The Bertz CT molecular complexity index is 1380. The average molecular weight is 567 g/mol. The fraction of sp³-hybridized carbons (Fsp3) is 0.278. The molecule has 0 aliphatic carbocycles. The molecule has 0 amide bonds. The van der Waals surface area contributed by atoms with Gasteiger partial charge in [0.1, 0.15) is 18.1 Å². The maximum atomic E-state index is 12.7. The van der Waals surface area contributed by atoms with Crippen molar-refractivity contribution >= 4 is 11.9 Å². The zero-order valence-corrected chi connectivity index (χ0v) is 24.3. The lowest BCUT2D eigenvalue weighted by Gasteiger charge is -2.13. The summed E-state index contributed by atoms with van der Waals surface area (Å²) >= 11 is 0. The molecule has 0 saturated heterocycles. The van der Waals surface area contributed by atoms with E-state index in [2.05, 4.69) is 6.92 Å². The number of carbonyl (C=O) groups excluding carboxylic acids is 2. The molecule has 4 aromatic carbocycles. The number of hydrogen-bond donors (Lipinski definition) is 0. The predicted molar refractivity (Wildman–Crippen MR) is 164 cm³/mol. The van der Waals surface area contributed by atoms with Crippen LogP contribution < -0.4 is 9.47 Å². The van der Waals surface area contributed by atoms with Crippen LogP contribution in [-0.4, -0.2) is 31.3 Å². The SMILES string of the molecule is CCCCCCOc1ccc(-c2ccc(C(=O)Oc3ccc(C(=O)OC[C@H](C)OCc4ccccc4)cc3)cc2)cc1. The first-order valence-electron chi connectivity index (χ1n) is 14.5. The van der Waals surface area contributed by atoms with Gasteiger partial charge in [-0.25, -0.2) is 9.59 Å². The quantitative estimate of drug-likeness (QED) is 0.0819. The fourth-order valence-corrected chi connectivity index (χ4v) is 4.22. The maximum Gasteiger partial charge on any atom is 0.343 e. The highest BCUT2D eigenvalue weighted by atomic mass is 16.6. The maximum absolute atomic E-state index is 12.7. The number of hydrogen-bond acceptors (Lipinski definition) is 6. The molecule has 0 spiro atoms. The molecule has 0 N–H and O–H groups in total. The monoisotopic (exact) mass is 566 g/mol. The van der Waals surface area contributed by atoms with Gasteiger partial charge >= 0.3 is 11.9 Å². The molecule has 0 aliphatic heterocycles. The average Bonchev–Trinajstić information content (AvgIpc) is 3.04. The lowest BCUT2D eigenvalue weighted by Crippen LogP contribution is -2.19. The molecule has 0 heterocycles. The first-order valence-corrected chi connectivity index (χ1v) is 14.5. The molecule has 1 atom stereocenters. The number of unbranched alkanes of at least 4 members (excludes halogenated alkanes) is 3. The molecule has 42 heavy (non-hydrogen) atoms. The van der Waals surface area contributed by atoms with Crippen molar-refractivity contribution in [3.63, 3.8) is 0 Å². The first-order chi connectivity index (χ1) is 20.5.